The largest absolute Gasteiger partial charge is 0.322 e. The summed E-state index contributed by atoms with van der Waals surface area (Å²) in [4.78, 5) is 22.2. The van der Waals surface area contributed by atoms with Crippen LogP contribution in [0.2, 0.25) is 0 Å². The first-order valence-corrected chi connectivity index (χ1v) is 7.18. The molecular weight excluding hydrogens is 411 g/mol. The highest BCUT2D eigenvalue weighted by atomic mass is 79.9. The van der Waals surface area contributed by atoms with Gasteiger partial charge in [0.25, 0.3) is 11.6 Å². The lowest BCUT2D eigenvalue weighted by Crippen LogP contribution is -2.14. The highest BCUT2D eigenvalue weighted by Crippen LogP contribution is 2.28. The minimum Gasteiger partial charge on any atom is -0.322 e. The van der Waals surface area contributed by atoms with E-state index in [1.54, 1.807) is 6.07 Å². The lowest BCUT2D eigenvalue weighted by molar-refractivity contribution is -0.385. The third-order valence-corrected chi connectivity index (χ3v) is 3.89. The summed E-state index contributed by atoms with van der Waals surface area (Å²) in [5.74, 6) is -1.32. The van der Waals surface area contributed by atoms with E-state index < -0.39 is 16.6 Å². The van der Waals surface area contributed by atoms with Crippen molar-refractivity contribution in [2.75, 3.05) is 5.32 Å². The SMILES string of the molecule is O=C(Nc1ccc([N+](=O)[O-])c(Br)c1)c1c(F)cccc1Br. The fraction of sp³-hybridized carbons (Fsp3) is 0. The molecule has 2 aromatic rings. The molecule has 8 heteroatoms. The smallest absolute Gasteiger partial charge is 0.283 e. The van der Waals surface area contributed by atoms with Crippen molar-refractivity contribution < 1.29 is 14.1 Å². The number of hydrogen-bond acceptors (Lipinski definition) is 3. The maximum atomic E-state index is 13.7. The first-order valence-electron chi connectivity index (χ1n) is 5.59. The Morgan fingerprint density at radius 2 is 1.90 bits per heavy atom. The van der Waals surface area contributed by atoms with Crippen LogP contribution >= 0.6 is 31.9 Å². The Morgan fingerprint density at radius 1 is 1.19 bits per heavy atom. The van der Waals surface area contributed by atoms with Crippen molar-refractivity contribution in [1.82, 2.24) is 0 Å². The minimum absolute atomic E-state index is 0.125. The molecule has 0 saturated carbocycles. The maximum Gasteiger partial charge on any atom is 0.283 e. The lowest BCUT2D eigenvalue weighted by atomic mass is 10.2. The highest BCUT2D eigenvalue weighted by molar-refractivity contribution is 9.11. The average molecular weight is 418 g/mol. The summed E-state index contributed by atoms with van der Waals surface area (Å²) in [5, 5.41) is 13.2. The Labute approximate surface area is 135 Å². The van der Waals surface area contributed by atoms with Crippen LogP contribution in [0.25, 0.3) is 0 Å². The van der Waals surface area contributed by atoms with E-state index in [4.69, 9.17) is 0 Å². The molecule has 2 rings (SSSR count). The van der Waals surface area contributed by atoms with Crippen LogP contribution in [0.4, 0.5) is 15.8 Å². The van der Waals surface area contributed by atoms with Crippen LogP contribution in [0.1, 0.15) is 10.4 Å². The number of nitrogens with zero attached hydrogens (tertiary/aromatic N) is 1. The second-order valence-corrected chi connectivity index (χ2v) is 5.68. The number of nitro groups is 1. The Bertz CT molecular complexity index is 717. The Balaban J connectivity index is 2.28. The standard InChI is InChI=1S/C13H7Br2FN2O3/c14-8-2-1-3-10(16)12(8)13(19)17-7-4-5-11(18(20)21)9(15)6-7/h1-6H,(H,17,19). The van der Waals surface area contributed by atoms with Gasteiger partial charge in [0.2, 0.25) is 0 Å². The topological polar surface area (TPSA) is 72.2 Å². The summed E-state index contributed by atoms with van der Waals surface area (Å²) in [6.07, 6.45) is 0. The molecule has 0 aromatic heterocycles. The first kappa shape index (κ1) is 15.6. The van der Waals surface area contributed by atoms with Gasteiger partial charge in [-0.2, -0.15) is 0 Å². The van der Waals surface area contributed by atoms with Gasteiger partial charge >= 0.3 is 0 Å². The van der Waals surface area contributed by atoms with Gasteiger partial charge in [-0.3, -0.25) is 14.9 Å². The van der Waals surface area contributed by atoms with Gasteiger partial charge in [0.15, 0.2) is 0 Å². The molecule has 0 aliphatic heterocycles. The maximum absolute atomic E-state index is 13.7. The molecule has 0 aliphatic carbocycles. The molecular formula is C13H7Br2FN2O3. The molecule has 0 bridgehead atoms. The molecule has 0 heterocycles. The minimum atomic E-state index is -0.664. The average Bonchev–Trinajstić information content (AvgIpc) is 2.37. The molecule has 0 saturated heterocycles. The third kappa shape index (κ3) is 3.45. The van der Waals surface area contributed by atoms with Crippen molar-refractivity contribution in [1.29, 1.82) is 0 Å². The molecule has 108 valence electrons. The number of nitro benzene ring substituents is 1. The van der Waals surface area contributed by atoms with E-state index >= 15 is 0 Å². The van der Waals surface area contributed by atoms with E-state index in [9.17, 15) is 19.3 Å². The number of nitrogens with one attached hydrogen (secondary N) is 1. The van der Waals surface area contributed by atoms with E-state index in [-0.39, 0.29) is 15.7 Å². The first-order chi connectivity index (χ1) is 9.90. The molecule has 21 heavy (non-hydrogen) atoms. The molecule has 0 fully saturated rings. The molecule has 0 spiro atoms. The van der Waals surface area contributed by atoms with E-state index in [0.29, 0.717) is 10.2 Å². The molecule has 0 radical (unpaired) electrons. The zero-order valence-electron chi connectivity index (χ0n) is 10.3. The zero-order chi connectivity index (χ0) is 15.6. The fourth-order valence-corrected chi connectivity index (χ4v) is 2.69. The number of anilines is 1. The molecule has 1 amide bonds. The van der Waals surface area contributed by atoms with Crippen LogP contribution in [-0.4, -0.2) is 10.8 Å². The summed E-state index contributed by atoms with van der Waals surface area (Å²) >= 11 is 6.15. The summed E-state index contributed by atoms with van der Waals surface area (Å²) in [5.41, 5.74) is 0.0553. The Kier molecular flexibility index (Phi) is 4.69. The van der Waals surface area contributed by atoms with Crippen molar-refractivity contribution >= 4 is 49.1 Å². The van der Waals surface area contributed by atoms with Gasteiger partial charge < -0.3 is 5.32 Å². The zero-order valence-corrected chi connectivity index (χ0v) is 13.4. The van der Waals surface area contributed by atoms with Crippen molar-refractivity contribution in [3.05, 3.63) is 66.8 Å². The lowest BCUT2D eigenvalue weighted by Gasteiger charge is -2.08. The Morgan fingerprint density at radius 3 is 2.48 bits per heavy atom. The van der Waals surface area contributed by atoms with Crippen LogP contribution < -0.4 is 5.32 Å². The van der Waals surface area contributed by atoms with Crippen LogP contribution in [0, 0.1) is 15.9 Å². The summed E-state index contributed by atoms with van der Waals surface area (Å²) in [7, 11) is 0. The van der Waals surface area contributed by atoms with Crippen LogP contribution in [0.3, 0.4) is 0 Å². The molecule has 1 N–H and O–H groups in total. The number of amides is 1. The third-order valence-electron chi connectivity index (χ3n) is 2.59. The van der Waals surface area contributed by atoms with Crippen molar-refractivity contribution in [3.8, 4) is 0 Å². The van der Waals surface area contributed by atoms with Crippen LogP contribution in [0.5, 0.6) is 0 Å². The monoisotopic (exact) mass is 416 g/mol. The molecule has 0 unspecified atom stereocenters. The highest BCUT2D eigenvalue weighted by Gasteiger charge is 2.17. The number of carbonyl (C=O) groups excluding carboxylic acids is 1. The van der Waals surface area contributed by atoms with E-state index in [0.717, 1.165) is 0 Å². The van der Waals surface area contributed by atoms with E-state index in [2.05, 4.69) is 37.2 Å². The van der Waals surface area contributed by atoms with Gasteiger partial charge in [-0.1, -0.05) is 6.07 Å². The molecule has 0 atom stereocenters. The van der Waals surface area contributed by atoms with Gasteiger partial charge in [0.05, 0.1) is 15.0 Å². The second kappa shape index (κ2) is 6.31. The summed E-state index contributed by atoms with van der Waals surface area (Å²) in [6, 6.07) is 8.18. The normalized spacial score (nSPS) is 10.2. The Hall–Kier alpha value is -1.80. The number of halogens is 3. The van der Waals surface area contributed by atoms with Gasteiger partial charge in [-0.15, -0.1) is 0 Å². The van der Waals surface area contributed by atoms with Crippen molar-refractivity contribution in [2.24, 2.45) is 0 Å². The van der Waals surface area contributed by atoms with Gasteiger partial charge in [-0.05, 0) is 56.1 Å². The molecule has 0 aliphatic rings. The van der Waals surface area contributed by atoms with Gasteiger partial charge in [0.1, 0.15) is 5.82 Å². The summed E-state index contributed by atoms with van der Waals surface area (Å²) in [6.45, 7) is 0. The van der Waals surface area contributed by atoms with Gasteiger partial charge in [-0.25, -0.2) is 4.39 Å². The molecule has 2 aromatic carbocycles. The predicted octanol–water partition coefficient (Wildman–Crippen LogP) is 4.51. The van der Waals surface area contributed by atoms with Gasteiger partial charge in [0, 0.05) is 16.2 Å². The van der Waals surface area contributed by atoms with Crippen molar-refractivity contribution in [3.63, 3.8) is 0 Å². The fourth-order valence-electron chi connectivity index (χ4n) is 1.64. The second-order valence-electron chi connectivity index (χ2n) is 3.97. The predicted molar refractivity (Wildman–Crippen MR) is 82.8 cm³/mol. The van der Waals surface area contributed by atoms with E-state index in [1.807, 2.05) is 0 Å². The van der Waals surface area contributed by atoms with Crippen molar-refractivity contribution in [2.45, 2.75) is 0 Å². The van der Waals surface area contributed by atoms with Crippen LogP contribution in [0.15, 0.2) is 45.3 Å². The van der Waals surface area contributed by atoms with E-state index in [1.165, 1.54) is 30.3 Å². The molecule has 5 nitrogen and oxygen atoms in total. The van der Waals surface area contributed by atoms with Crippen LogP contribution in [-0.2, 0) is 0 Å². The number of carbonyl (C=O) groups is 1. The number of rotatable bonds is 3. The number of hydrogen-bond donors (Lipinski definition) is 1. The number of benzene rings is 2. The summed E-state index contributed by atoms with van der Waals surface area (Å²) < 4.78 is 14.2. The quantitative estimate of drug-likeness (QED) is 0.589.